The van der Waals surface area contributed by atoms with E-state index in [2.05, 4.69) is 19.9 Å². The summed E-state index contributed by atoms with van der Waals surface area (Å²) in [6.07, 6.45) is 5.11. The molecule has 0 radical (unpaired) electrons. The highest BCUT2D eigenvalue weighted by atomic mass is 32.2. The van der Waals surface area contributed by atoms with Gasteiger partial charge >= 0.3 is 0 Å². The van der Waals surface area contributed by atoms with Gasteiger partial charge in [-0.3, -0.25) is 0 Å². The van der Waals surface area contributed by atoms with Crippen molar-refractivity contribution in [2.75, 3.05) is 0 Å². The number of hydrogen-bond donors (Lipinski definition) is 2. The Labute approximate surface area is 74.0 Å². The lowest BCUT2D eigenvalue weighted by molar-refractivity contribution is 0.590. The van der Waals surface area contributed by atoms with Gasteiger partial charge in [0, 0.05) is 0 Å². The van der Waals surface area contributed by atoms with Gasteiger partial charge in [-0.05, 0) is 0 Å². The van der Waals surface area contributed by atoms with Gasteiger partial charge in [0.25, 0.3) is 0 Å². The van der Waals surface area contributed by atoms with Gasteiger partial charge in [0.1, 0.15) is 0 Å². The summed E-state index contributed by atoms with van der Waals surface area (Å²) in [5.74, 6) is 0. The van der Waals surface area contributed by atoms with Gasteiger partial charge in [0.05, 0.1) is 25.0 Å². The zero-order valence-electron chi connectivity index (χ0n) is 6.43. The second-order valence-electron chi connectivity index (χ2n) is 2.34. The molecule has 0 atom stereocenters. The lowest BCUT2D eigenvalue weighted by atomic mass is 10.9. The molecule has 0 spiro atoms. The van der Waals surface area contributed by atoms with Crippen molar-refractivity contribution in [3.05, 3.63) is 25.0 Å². The van der Waals surface area contributed by atoms with Crippen LogP contribution in [-0.2, 0) is 9.84 Å². The average Bonchev–Trinajstić information content (AvgIpc) is 2.78. The average molecular weight is 198 g/mol. The Kier molecular flexibility index (Phi) is 1.66. The zero-order chi connectivity index (χ0) is 9.31. The van der Waals surface area contributed by atoms with E-state index in [0.717, 1.165) is 0 Å². The maximum Gasteiger partial charge on any atom is 0.240 e. The number of nitrogens with one attached hydrogen (secondary N) is 2. The smallest absolute Gasteiger partial charge is 0.240 e. The second kappa shape index (κ2) is 2.70. The highest BCUT2D eigenvalue weighted by Crippen LogP contribution is 2.14. The van der Waals surface area contributed by atoms with Gasteiger partial charge in [-0.15, -0.1) is 0 Å². The monoisotopic (exact) mass is 198 g/mol. The normalized spacial score (nSPS) is 11.7. The predicted molar refractivity (Wildman–Crippen MR) is 42.6 cm³/mol. The molecule has 13 heavy (non-hydrogen) atoms. The fraction of sp³-hybridized carbons (Fsp3) is 0. The van der Waals surface area contributed by atoms with E-state index in [1.165, 1.54) is 25.0 Å². The number of H-pyrrole nitrogens is 2. The summed E-state index contributed by atoms with van der Waals surface area (Å²) in [7, 11) is -3.49. The molecule has 2 N–H and O–H groups in total. The van der Waals surface area contributed by atoms with Crippen molar-refractivity contribution in [3.63, 3.8) is 0 Å². The summed E-state index contributed by atoms with van der Waals surface area (Å²) in [6.45, 7) is 0. The molecule has 0 saturated carbocycles. The lowest BCUT2D eigenvalue weighted by Crippen LogP contribution is -2.02. The molecule has 6 nitrogen and oxygen atoms in total. The maximum absolute atomic E-state index is 11.6. The molecule has 0 bridgehead atoms. The van der Waals surface area contributed by atoms with Crippen LogP contribution in [0.5, 0.6) is 0 Å². The van der Waals surface area contributed by atoms with Crippen LogP contribution in [0.4, 0.5) is 0 Å². The highest BCUT2D eigenvalue weighted by molar-refractivity contribution is 7.91. The third-order valence-corrected chi connectivity index (χ3v) is 3.13. The number of imidazole rings is 2. The van der Waals surface area contributed by atoms with E-state index < -0.39 is 9.84 Å². The second-order valence-corrected chi connectivity index (χ2v) is 4.22. The van der Waals surface area contributed by atoms with Crippen LogP contribution in [0.3, 0.4) is 0 Å². The number of sulfone groups is 1. The molecule has 2 aromatic rings. The molecule has 0 saturated heterocycles. The van der Waals surface area contributed by atoms with E-state index >= 15 is 0 Å². The van der Waals surface area contributed by atoms with Crippen molar-refractivity contribution in [1.29, 1.82) is 0 Å². The minimum Gasteiger partial charge on any atom is -0.335 e. The molecule has 0 unspecified atom stereocenters. The number of aromatic amines is 2. The summed E-state index contributed by atoms with van der Waals surface area (Å²) in [5, 5.41) is 0.105. The fourth-order valence-corrected chi connectivity index (χ4v) is 1.95. The molecule has 7 heteroatoms. The van der Waals surface area contributed by atoms with Crippen LogP contribution in [0, 0.1) is 0 Å². The van der Waals surface area contributed by atoms with Crippen molar-refractivity contribution in [2.45, 2.75) is 10.1 Å². The zero-order valence-corrected chi connectivity index (χ0v) is 7.25. The maximum atomic E-state index is 11.6. The van der Waals surface area contributed by atoms with Crippen molar-refractivity contribution in [3.8, 4) is 0 Å². The molecule has 0 aliphatic rings. The molecule has 0 aliphatic heterocycles. The first kappa shape index (κ1) is 7.99. The topological polar surface area (TPSA) is 91.5 Å². The van der Waals surface area contributed by atoms with Crippen LogP contribution < -0.4 is 0 Å². The summed E-state index contributed by atoms with van der Waals surface area (Å²) in [5.41, 5.74) is 0. The number of rotatable bonds is 2. The summed E-state index contributed by atoms with van der Waals surface area (Å²) in [6, 6.07) is 0. The molecule has 0 fully saturated rings. The molecule has 2 aromatic heterocycles. The predicted octanol–water partition coefficient (Wildman–Crippen LogP) is -0.0344. The van der Waals surface area contributed by atoms with Gasteiger partial charge in [-0.2, -0.15) is 0 Å². The first-order valence-electron chi connectivity index (χ1n) is 3.43. The van der Waals surface area contributed by atoms with Crippen LogP contribution in [0.2, 0.25) is 0 Å². The Bertz CT molecular complexity index is 430. The van der Waals surface area contributed by atoms with E-state index in [-0.39, 0.29) is 10.1 Å². The number of hydrogen-bond acceptors (Lipinski definition) is 4. The molecule has 68 valence electrons. The SMILES string of the molecule is O=S(=O)(c1cnc[nH]1)c1cnc[nH]1. The Morgan fingerprint density at radius 2 is 1.46 bits per heavy atom. The Hall–Kier alpha value is -1.63. The Morgan fingerprint density at radius 1 is 1.00 bits per heavy atom. The molecule has 0 aliphatic carbocycles. The van der Waals surface area contributed by atoms with Gasteiger partial charge in [-0.1, -0.05) is 0 Å². The van der Waals surface area contributed by atoms with E-state index in [0.29, 0.717) is 0 Å². The molecular weight excluding hydrogens is 192 g/mol. The van der Waals surface area contributed by atoms with Crippen LogP contribution in [0.25, 0.3) is 0 Å². The molecule has 0 amide bonds. The summed E-state index contributed by atoms with van der Waals surface area (Å²) in [4.78, 5) is 12.3. The first-order chi connectivity index (χ1) is 6.21. The van der Waals surface area contributed by atoms with E-state index in [1.807, 2.05) is 0 Å². The fourth-order valence-electron chi connectivity index (χ4n) is 0.899. The highest BCUT2D eigenvalue weighted by Gasteiger charge is 2.19. The third-order valence-electron chi connectivity index (χ3n) is 1.53. The molecule has 0 aromatic carbocycles. The number of aromatic nitrogens is 4. The van der Waals surface area contributed by atoms with Gasteiger partial charge < -0.3 is 9.97 Å². The van der Waals surface area contributed by atoms with E-state index in [1.54, 1.807) is 0 Å². The van der Waals surface area contributed by atoms with Gasteiger partial charge in [0.2, 0.25) is 9.84 Å². The summed E-state index contributed by atoms with van der Waals surface area (Å²) >= 11 is 0. The Balaban J connectivity index is 2.56. The van der Waals surface area contributed by atoms with E-state index in [9.17, 15) is 8.42 Å². The molecule has 2 heterocycles. The quantitative estimate of drug-likeness (QED) is 0.708. The van der Waals surface area contributed by atoms with Crippen molar-refractivity contribution in [1.82, 2.24) is 19.9 Å². The van der Waals surface area contributed by atoms with Crippen molar-refractivity contribution >= 4 is 9.84 Å². The third kappa shape index (κ3) is 1.22. The number of nitrogens with zero attached hydrogens (tertiary/aromatic N) is 2. The van der Waals surface area contributed by atoms with E-state index in [4.69, 9.17) is 0 Å². The van der Waals surface area contributed by atoms with Crippen LogP contribution >= 0.6 is 0 Å². The Morgan fingerprint density at radius 3 is 1.77 bits per heavy atom. The largest absolute Gasteiger partial charge is 0.335 e. The van der Waals surface area contributed by atoms with Crippen LogP contribution in [0.15, 0.2) is 35.1 Å². The lowest BCUT2D eigenvalue weighted by Gasteiger charge is -1.95. The van der Waals surface area contributed by atoms with Crippen LogP contribution in [0.1, 0.15) is 0 Å². The summed E-state index contributed by atoms with van der Waals surface area (Å²) < 4.78 is 23.2. The van der Waals surface area contributed by atoms with Crippen LogP contribution in [-0.4, -0.2) is 28.4 Å². The standard InChI is InChI=1S/C6H6N4O2S/c11-13(12,5-1-7-3-9-5)6-2-8-4-10-6/h1-4H,(H,7,9)(H,8,10). The van der Waals surface area contributed by atoms with Crippen molar-refractivity contribution < 1.29 is 8.42 Å². The molecular formula is C6H6N4O2S. The minimum atomic E-state index is -3.49. The van der Waals surface area contributed by atoms with Crippen molar-refractivity contribution in [2.24, 2.45) is 0 Å². The van der Waals surface area contributed by atoms with Gasteiger partial charge in [-0.25, -0.2) is 18.4 Å². The minimum absolute atomic E-state index is 0.0525. The molecule has 2 rings (SSSR count). The van der Waals surface area contributed by atoms with Gasteiger partial charge in [0.15, 0.2) is 10.1 Å². The first-order valence-corrected chi connectivity index (χ1v) is 4.91.